The molecule has 1 amide bonds. The molecule has 140 valence electrons. The van der Waals surface area contributed by atoms with E-state index < -0.39 is 10.0 Å². The number of carbonyl (C=O) groups excluding carboxylic acids is 1. The zero-order valence-electron chi connectivity index (χ0n) is 15.1. The highest BCUT2D eigenvalue weighted by Gasteiger charge is 2.18. The molecule has 0 fully saturated rings. The molecule has 0 aliphatic carbocycles. The van der Waals surface area contributed by atoms with Crippen molar-refractivity contribution >= 4 is 15.9 Å². The monoisotopic (exact) mass is 378 g/mol. The van der Waals surface area contributed by atoms with E-state index in [-0.39, 0.29) is 36.1 Å². The Morgan fingerprint density at radius 2 is 1.88 bits per heavy atom. The van der Waals surface area contributed by atoms with Gasteiger partial charge in [-0.05, 0) is 48.7 Å². The lowest BCUT2D eigenvalue weighted by molar-refractivity contribution is -0.130. The Balaban J connectivity index is 1.91. The molecule has 0 unspecified atom stereocenters. The highest BCUT2D eigenvalue weighted by Crippen LogP contribution is 2.16. The fourth-order valence-corrected chi connectivity index (χ4v) is 3.91. The molecule has 2 aromatic carbocycles. The third kappa shape index (κ3) is 5.37. The minimum atomic E-state index is -3.67. The number of hydrogen-bond donors (Lipinski definition) is 1. The average Bonchev–Trinajstić information content (AvgIpc) is 2.56. The molecule has 7 heteroatoms. The summed E-state index contributed by atoms with van der Waals surface area (Å²) in [5, 5.41) is 0. The molecule has 0 saturated carbocycles. The van der Waals surface area contributed by atoms with Gasteiger partial charge in [0.2, 0.25) is 15.9 Å². The van der Waals surface area contributed by atoms with Gasteiger partial charge in [-0.15, -0.1) is 0 Å². The maximum absolute atomic E-state index is 13.2. The van der Waals surface area contributed by atoms with Crippen molar-refractivity contribution in [1.29, 1.82) is 0 Å². The van der Waals surface area contributed by atoms with E-state index in [0.717, 1.165) is 5.56 Å². The molecular weight excluding hydrogens is 355 g/mol. The number of nitrogens with zero attached hydrogens (tertiary/aromatic N) is 1. The van der Waals surface area contributed by atoms with Crippen LogP contribution in [-0.4, -0.2) is 32.8 Å². The summed E-state index contributed by atoms with van der Waals surface area (Å²) in [5.41, 5.74) is 2.18. The Hall–Kier alpha value is -2.25. The van der Waals surface area contributed by atoms with Crippen molar-refractivity contribution in [2.75, 3.05) is 13.6 Å². The first-order valence-corrected chi connectivity index (χ1v) is 9.72. The number of aryl methyl sites for hydroxylation is 2. The van der Waals surface area contributed by atoms with Crippen LogP contribution in [0.15, 0.2) is 47.4 Å². The zero-order valence-corrected chi connectivity index (χ0v) is 15.9. The van der Waals surface area contributed by atoms with E-state index in [1.807, 2.05) is 13.0 Å². The van der Waals surface area contributed by atoms with Gasteiger partial charge >= 0.3 is 0 Å². The second-order valence-corrected chi connectivity index (χ2v) is 8.03. The molecule has 5 nitrogen and oxygen atoms in total. The van der Waals surface area contributed by atoms with Gasteiger partial charge < -0.3 is 4.90 Å². The van der Waals surface area contributed by atoms with E-state index in [2.05, 4.69) is 4.72 Å². The fraction of sp³-hybridized carbons (Fsp3) is 0.316. The lowest BCUT2D eigenvalue weighted by atomic mass is 10.2. The first-order chi connectivity index (χ1) is 12.2. The van der Waals surface area contributed by atoms with Crippen LogP contribution in [0.3, 0.4) is 0 Å². The topological polar surface area (TPSA) is 66.5 Å². The van der Waals surface area contributed by atoms with Crippen LogP contribution in [0.2, 0.25) is 0 Å². The molecule has 0 aliphatic heterocycles. The molecule has 0 radical (unpaired) electrons. The fourth-order valence-electron chi connectivity index (χ4n) is 2.56. The first-order valence-electron chi connectivity index (χ1n) is 8.24. The second-order valence-electron chi connectivity index (χ2n) is 6.30. The van der Waals surface area contributed by atoms with E-state index >= 15 is 0 Å². The number of amides is 1. The van der Waals surface area contributed by atoms with Crippen molar-refractivity contribution in [1.82, 2.24) is 9.62 Å². The van der Waals surface area contributed by atoms with E-state index in [1.54, 1.807) is 38.2 Å². The van der Waals surface area contributed by atoms with Gasteiger partial charge in [-0.2, -0.15) is 0 Å². The van der Waals surface area contributed by atoms with Crippen molar-refractivity contribution < 1.29 is 17.6 Å². The Morgan fingerprint density at radius 3 is 2.58 bits per heavy atom. The molecule has 0 aromatic heterocycles. The van der Waals surface area contributed by atoms with Crippen molar-refractivity contribution in [2.24, 2.45) is 0 Å². The van der Waals surface area contributed by atoms with Crippen LogP contribution < -0.4 is 4.72 Å². The summed E-state index contributed by atoms with van der Waals surface area (Å²) in [5.74, 6) is -0.581. The summed E-state index contributed by atoms with van der Waals surface area (Å²) in [6, 6.07) is 11.2. The third-order valence-electron chi connectivity index (χ3n) is 4.00. The summed E-state index contributed by atoms with van der Waals surface area (Å²) >= 11 is 0. The van der Waals surface area contributed by atoms with Gasteiger partial charge in [0.25, 0.3) is 0 Å². The molecule has 2 rings (SSSR count). The number of nitrogens with one attached hydrogen (secondary N) is 1. The lowest BCUT2D eigenvalue weighted by Gasteiger charge is -2.17. The summed E-state index contributed by atoms with van der Waals surface area (Å²) < 4.78 is 40.5. The number of carbonyl (C=O) groups is 1. The number of rotatable bonds is 7. The summed E-state index contributed by atoms with van der Waals surface area (Å²) in [4.78, 5) is 13.8. The number of halogens is 1. The normalized spacial score (nSPS) is 11.4. The van der Waals surface area contributed by atoms with Crippen molar-refractivity contribution in [3.8, 4) is 0 Å². The molecule has 0 saturated heterocycles. The Morgan fingerprint density at radius 1 is 1.15 bits per heavy atom. The predicted octanol–water partition coefficient (Wildman–Crippen LogP) is 2.77. The Labute approximate surface area is 153 Å². The summed E-state index contributed by atoms with van der Waals surface area (Å²) in [7, 11) is -2.07. The minimum Gasteiger partial charge on any atom is -0.341 e. The number of sulfonamides is 1. The Bertz CT molecular complexity index is 897. The third-order valence-corrected chi connectivity index (χ3v) is 5.60. The van der Waals surface area contributed by atoms with E-state index in [1.165, 1.54) is 17.0 Å². The molecule has 0 bridgehead atoms. The van der Waals surface area contributed by atoms with Gasteiger partial charge in [0.1, 0.15) is 5.82 Å². The van der Waals surface area contributed by atoms with Gasteiger partial charge in [-0.1, -0.05) is 24.3 Å². The zero-order chi connectivity index (χ0) is 19.3. The highest BCUT2D eigenvalue weighted by molar-refractivity contribution is 7.89. The maximum atomic E-state index is 13.2. The first kappa shape index (κ1) is 20.1. The largest absolute Gasteiger partial charge is 0.341 e. The van der Waals surface area contributed by atoms with Gasteiger partial charge in [-0.25, -0.2) is 17.5 Å². The lowest BCUT2D eigenvalue weighted by Crippen LogP contribution is -2.32. The molecule has 1 N–H and O–H groups in total. The standard InChI is InChI=1S/C19H23FN2O3S/c1-14-7-8-15(2)18(11-14)26(24,25)21-10-9-19(23)22(3)13-16-5-4-6-17(20)12-16/h4-8,11-12,21H,9-10,13H2,1-3H3. The van der Waals surface area contributed by atoms with Gasteiger partial charge in [0.05, 0.1) is 4.90 Å². The van der Waals surface area contributed by atoms with Crippen LogP contribution in [0, 0.1) is 19.7 Å². The summed E-state index contributed by atoms with van der Waals surface area (Å²) in [6.07, 6.45) is 0.0237. The van der Waals surface area contributed by atoms with Crippen LogP contribution in [-0.2, 0) is 21.4 Å². The molecule has 2 aromatic rings. The molecule has 0 aliphatic rings. The van der Waals surface area contributed by atoms with Crippen LogP contribution in [0.4, 0.5) is 4.39 Å². The van der Waals surface area contributed by atoms with Crippen molar-refractivity contribution in [2.45, 2.75) is 31.7 Å². The second kappa shape index (κ2) is 8.42. The predicted molar refractivity (Wildman–Crippen MR) is 98.6 cm³/mol. The summed E-state index contributed by atoms with van der Waals surface area (Å²) in [6.45, 7) is 3.82. The van der Waals surface area contributed by atoms with Crippen molar-refractivity contribution in [3.05, 3.63) is 65.0 Å². The molecule has 0 heterocycles. The molecule has 0 atom stereocenters. The highest BCUT2D eigenvalue weighted by atomic mass is 32.2. The average molecular weight is 378 g/mol. The number of hydrogen-bond acceptors (Lipinski definition) is 3. The van der Waals surface area contributed by atoms with Gasteiger partial charge in [0.15, 0.2) is 0 Å². The number of benzene rings is 2. The maximum Gasteiger partial charge on any atom is 0.240 e. The van der Waals surface area contributed by atoms with E-state index in [4.69, 9.17) is 0 Å². The van der Waals surface area contributed by atoms with Crippen LogP contribution in [0.25, 0.3) is 0 Å². The van der Waals surface area contributed by atoms with E-state index in [9.17, 15) is 17.6 Å². The van der Waals surface area contributed by atoms with Crippen LogP contribution >= 0.6 is 0 Å². The van der Waals surface area contributed by atoms with Gasteiger partial charge in [0, 0.05) is 26.6 Å². The SMILES string of the molecule is Cc1ccc(C)c(S(=O)(=O)NCCC(=O)N(C)Cc2cccc(F)c2)c1. The van der Waals surface area contributed by atoms with Crippen molar-refractivity contribution in [3.63, 3.8) is 0 Å². The van der Waals surface area contributed by atoms with Crippen LogP contribution in [0.1, 0.15) is 23.1 Å². The molecule has 0 spiro atoms. The smallest absolute Gasteiger partial charge is 0.240 e. The minimum absolute atomic E-state index is 0.00202. The van der Waals surface area contributed by atoms with Crippen LogP contribution in [0.5, 0.6) is 0 Å². The van der Waals surface area contributed by atoms with E-state index in [0.29, 0.717) is 11.1 Å². The molecule has 26 heavy (non-hydrogen) atoms. The molecular formula is C19H23FN2O3S. The quantitative estimate of drug-likeness (QED) is 0.806. The Kier molecular flexibility index (Phi) is 6.50. The van der Waals surface area contributed by atoms with Gasteiger partial charge in [-0.3, -0.25) is 4.79 Å².